The monoisotopic (exact) mass is 211 g/mol. The zero-order valence-corrected chi connectivity index (χ0v) is 8.48. The maximum absolute atomic E-state index is 11.9. The minimum absolute atomic E-state index is 0.504. The summed E-state index contributed by atoms with van der Waals surface area (Å²) in [4.78, 5) is 10.8. The minimum atomic E-state index is -1.06. The van der Waals surface area contributed by atoms with Crippen LogP contribution in [0.2, 0.25) is 0 Å². The second-order valence-electron chi connectivity index (χ2n) is 3.35. The van der Waals surface area contributed by atoms with Crippen molar-refractivity contribution in [1.82, 2.24) is 5.32 Å². The van der Waals surface area contributed by atoms with E-state index in [9.17, 15) is 14.3 Å². The number of benzene rings is 1. The second-order valence-corrected chi connectivity index (χ2v) is 3.35. The van der Waals surface area contributed by atoms with Crippen LogP contribution in [0, 0.1) is 0 Å². The molecule has 0 fully saturated rings. The van der Waals surface area contributed by atoms with Gasteiger partial charge in [0.25, 0.3) is 5.91 Å². The number of alkyl halides is 1. The van der Waals surface area contributed by atoms with Crippen molar-refractivity contribution >= 4 is 5.91 Å². The van der Waals surface area contributed by atoms with Crippen LogP contribution in [-0.2, 0) is 4.79 Å². The van der Waals surface area contributed by atoms with E-state index in [1.807, 2.05) is 6.07 Å². The molecular weight excluding hydrogens is 197 g/mol. The number of halogens is 1. The molecule has 0 aromatic heterocycles. The third-order valence-electron chi connectivity index (χ3n) is 2.12. The maximum Gasteiger partial charge on any atom is 0.251 e. The van der Waals surface area contributed by atoms with Crippen molar-refractivity contribution in [2.45, 2.75) is 19.1 Å². The van der Waals surface area contributed by atoms with Gasteiger partial charge in [0.1, 0.15) is 0 Å². The van der Waals surface area contributed by atoms with Gasteiger partial charge >= 0.3 is 0 Å². The van der Waals surface area contributed by atoms with E-state index in [2.05, 4.69) is 5.32 Å². The zero-order valence-electron chi connectivity index (χ0n) is 8.48. The van der Waals surface area contributed by atoms with Gasteiger partial charge in [0, 0.05) is 0 Å². The highest BCUT2D eigenvalue weighted by atomic mass is 19.1. The van der Waals surface area contributed by atoms with Crippen LogP contribution in [0.3, 0.4) is 0 Å². The summed E-state index contributed by atoms with van der Waals surface area (Å²) in [5.41, 5.74) is 0.698. The van der Waals surface area contributed by atoms with Crippen molar-refractivity contribution < 1.29 is 14.3 Å². The van der Waals surface area contributed by atoms with Crippen LogP contribution in [0.5, 0.6) is 0 Å². The highest BCUT2D eigenvalue weighted by Gasteiger charge is 2.17. The molecule has 0 radical (unpaired) electrons. The molecule has 4 heteroatoms. The number of aliphatic hydroxyl groups excluding tert-OH is 1. The predicted octanol–water partition coefficient (Wildman–Crippen LogP) is 1.19. The average Bonchev–Trinajstić information content (AvgIpc) is 2.29. The van der Waals surface area contributed by atoms with Gasteiger partial charge in [-0.2, -0.15) is 0 Å². The third kappa shape index (κ3) is 3.32. The van der Waals surface area contributed by atoms with Crippen LogP contribution in [0.1, 0.15) is 18.6 Å². The molecule has 0 saturated carbocycles. The predicted molar refractivity (Wildman–Crippen MR) is 55.0 cm³/mol. The molecule has 0 unspecified atom stereocenters. The summed E-state index contributed by atoms with van der Waals surface area (Å²) < 4.78 is 11.9. The topological polar surface area (TPSA) is 49.3 Å². The zero-order chi connectivity index (χ0) is 11.3. The molecule has 0 heterocycles. The molecule has 2 atom stereocenters. The lowest BCUT2D eigenvalue weighted by Crippen LogP contribution is -2.37. The van der Waals surface area contributed by atoms with E-state index >= 15 is 0 Å². The molecule has 2 N–H and O–H groups in total. The molecule has 0 spiro atoms. The number of nitrogens with one attached hydrogen (secondary N) is 1. The summed E-state index contributed by atoms with van der Waals surface area (Å²) in [6.45, 7) is 0.567. The number of hydrogen-bond acceptors (Lipinski definition) is 2. The Kier molecular flexibility index (Phi) is 4.24. The van der Waals surface area contributed by atoms with Gasteiger partial charge in [0.05, 0.1) is 12.1 Å². The van der Waals surface area contributed by atoms with Crippen LogP contribution >= 0.6 is 0 Å². The number of aliphatic hydroxyl groups is 1. The van der Waals surface area contributed by atoms with Crippen molar-refractivity contribution in [3.63, 3.8) is 0 Å². The van der Waals surface area contributed by atoms with Crippen LogP contribution in [0.15, 0.2) is 30.3 Å². The summed E-state index contributed by atoms with van der Waals surface area (Å²) in [5.74, 6) is -0.711. The third-order valence-corrected chi connectivity index (χ3v) is 2.12. The Morgan fingerprint density at radius 3 is 2.60 bits per heavy atom. The van der Waals surface area contributed by atoms with Crippen molar-refractivity contribution in [3.05, 3.63) is 35.9 Å². The molecule has 82 valence electrons. The van der Waals surface area contributed by atoms with Crippen LogP contribution in [0.4, 0.5) is 4.39 Å². The van der Waals surface area contributed by atoms with Gasteiger partial charge < -0.3 is 10.4 Å². The number of amides is 1. The van der Waals surface area contributed by atoms with Crippen molar-refractivity contribution in [2.24, 2.45) is 0 Å². The molecule has 0 aliphatic heterocycles. The van der Waals surface area contributed by atoms with E-state index in [4.69, 9.17) is 0 Å². The highest BCUT2D eigenvalue weighted by Crippen LogP contribution is 2.15. The van der Waals surface area contributed by atoms with Gasteiger partial charge in [-0.15, -0.1) is 0 Å². The number of hydrogen-bond donors (Lipinski definition) is 2. The van der Waals surface area contributed by atoms with Crippen LogP contribution < -0.4 is 5.32 Å². The fraction of sp³-hybridized carbons (Fsp3) is 0.364. The van der Waals surface area contributed by atoms with Gasteiger partial charge in [0.15, 0.2) is 6.67 Å². The first kappa shape index (κ1) is 11.7. The standard InChI is InChI=1S/C11H14FNO2/c1-8(13-10(14)7-12)11(15)9-5-3-2-4-6-9/h2-6,8,11,15H,7H2,1H3,(H,13,14)/t8-,11+/m0/s1. The van der Waals surface area contributed by atoms with Gasteiger partial charge in [-0.3, -0.25) is 4.79 Å². The Morgan fingerprint density at radius 1 is 1.47 bits per heavy atom. The summed E-state index contributed by atoms with van der Waals surface area (Å²) in [6, 6.07) is 8.42. The maximum atomic E-state index is 11.9. The van der Waals surface area contributed by atoms with Gasteiger partial charge in [-0.25, -0.2) is 4.39 Å². The Hall–Kier alpha value is -1.42. The molecular formula is C11H14FNO2. The largest absolute Gasteiger partial charge is 0.386 e. The van der Waals surface area contributed by atoms with E-state index < -0.39 is 24.7 Å². The molecule has 3 nitrogen and oxygen atoms in total. The van der Waals surface area contributed by atoms with Gasteiger partial charge in [-0.1, -0.05) is 30.3 Å². The van der Waals surface area contributed by atoms with Crippen molar-refractivity contribution in [1.29, 1.82) is 0 Å². The smallest absolute Gasteiger partial charge is 0.251 e. The molecule has 1 aromatic rings. The van der Waals surface area contributed by atoms with Crippen molar-refractivity contribution in [3.8, 4) is 0 Å². The van der Waals surface area contributed by atoms with Gasteiger partial charge in [-0.05, 0) is 12.5 Å². The summed E-state index contributed by atoms with van der Waals surface area (Å²) >= 11 is 0. The number of rotatable bonds is 4. The Morgan fingerprint density at radius 2 is 2.07 bits per heavy atom. The average molecular weight is 211 g/mol. The first-order chi connectivity index (χ1) is 7.15. The Balaban J connectivity index is 2.61. The Labute approximate surface area is 87.9 Å². The van der Waals surface area contributed by atoms with E-state index in [1.54, 1.807) is 31.2 Å². The molecule has 0 saturated heterocycles. The highest BCUT2D eigenvalue weighted by molar-refractivity contribution is 5.77. The molecule has 1 aromatic carbocycles. The summed E-state index contributed by atoms with van der Waals surface area (Å²) in [6.07, 6.45) is -0.818. The minimum Gasteiger partial charge on any atom is -0.386 e. The molecule has 0 aliphatic rings. The SMILES string of the molecule is C[C@H](NC(=O)CF)[C@@H](O)c1ccccc1. The number of carbonyl (C=O) groups is 1. The Bertz CT molecular complexity index is 316. The van der Waals surface area contributed by atoms with Crippen molar-refractivity contribution in [2.75, 3.05) is 6.67 Å². The van der Waals surface area contributed by atoms with E-state index in [-0.39, 0.29) is 0 Å². The summed E-state index contributed by atoms with van der Waals surface area (Å²) in [5, 5.41) is 12.2. The lowest BCUT2D eigenvalue weighted by atomic mass is 10.0. The van der Waals surface area contributed by atoms with E-state index in [1.165, 1.54) is 0 Å². The second kappa shape index (κ2) is 5.46. The quantitative estimate of drug-likeness (QED) is 0.786. The lowest BCUT2D eigenvalue weighted by Gasteiger charge is -2.19. The first-order valence-corrected chi connectivity index (χ1v) is 4.73. The van der Waals surface area contributed by atoms with Crippen LogP contribution in [0.25, 0.3) is 0 Å². The molecule has 0 bridgehead atoms. The fourth-order valence-electron chi connectivity index (χ4n) is 1.31. The first-order valence-electron chi connectivity index (χ1n) is 4.73. The molecule has 1 amide bonds. The van der Waals surface area contributed by atoms with Crippen LogP contribution in [-0.4, -0.2) is 23.7 Å². The fourth-order valence-corrected chi connectivity index (χ4v) is 1.31. The van der Waals surface area contributed by atoms with Gasteiger partial charge in [0.2, 0.25) is 0 Å². The molecule has 15 heavy (non-hydrogen) atoms. The van der Waals surface area contributed by atoms with E-state index in [0.29, 0.717) is 5.56 Å². The normalized spacial score (nSPS) is 14.3. The lowest BCUT2D eigenvalue weighted by molar-refractivity contribution is -0.123. The summed E-state index contributed by atoms with van der Waals surface area (Å²) in [7, 11) is 0. The molecule has 0 aliphatic carbocycles. The van der Waals surface area contributed by atoms with E-state index in [0.717, 1.165) is 0 Å². The number of carbonyl (C=O) groups excluding carboxylic acids is 1. The molecule has 1 rings (SSSR count).